The van der Waals surface area contributed by atoms with E-state index in [9.17, 15) is 9.90 Å². The second-order valence-corrected chi connectivity index (χ2v) is 9.17. The van der Waals surface area contributed by atoms with Crippen molar-refractivity contribution in [1.82, 2.24) is 0 Å². The number of rotatable bonds is 18. The Balaban J connectivity index is 1.59. The Morgan fingerprint density at radius 1 is 0.636 bits per heavy atom. The monoisotopic (exact) mass is 452 g/mol. The number of ether oxygens (including phenoxy) is 1. The van der Waals surface area contributed by atoms with E-state index in [2.05, 4.69) is 6.92 Å². The zero-order chi connectivity index (χ0) is 23.6. The van der Waals surface area contributed by atoms with Crippen LogP contribution in [0.3, 0.4) is 0 Å². The minimum absolute atomic E-state index is 0.346. The molecular weight excluding hydrogens is 408 g/mol. The van der Waals surface area contributed by atoms with Gasteiger partial charge in [0.25, 0.3) is 0 Å². The smallest absolute Gasteiger partial charge is 0.347 e. The molecule has 2 aromatic rings. The third kappa shape index (κ3) is 9.71. The lowest BCUT2D eigenvalue weighted by Crippen LogP contribution is -2.38. The van der Waals surface area contributed by atoms with Crippen molar-refractivity contribution in [2.24, 2.45) is 0 Å². The maximum atomic E-state index is 12.9. The van der Waals surface area contributed by atoms with E-state index in [0.29, 0.717) is 17.7 Å². The largest absolute Gasteiger partial charge is 0.463 e. The van der Waals surface area contributed by atoms with Gasteiger partial charge in [0.05, 0.1) is 6.61 Å². The van der Waals surface area contributed by atoms with Gasteiger partial charge in [-0.25, -0.2) is 4.79 Å². The molecular formula is C30H44O3. The number of benzene rings is 2. The highest BCUT2D eigenvalue weighted by Crippen LogP contribution is 2.31. The highest BCUT2D eigenvalue weighted by atomic mass is 16.5. The molecule has 0 radical (unpaired) electrons. The molecule has 0 aliphatic heterocycles. The van der Waals surface area contributed by atoms with Gasteiger partial charge in [-0.2, -0.15) is 0 Å². The minimum Gasteiger partial charge on any atom is -0.463 e. The Labute approximate surface area is 201 Å². The predicted octanol–water partition coefficient (Wildman–Crippen LogP) is 7.95. The summed E-state index contributed by atoms with van der Waals surface area (Å²) in [5, 5.41) is 11.4. The Kier molecular flexibility index (Phi) is 13.5. The summed E-state index contributed by atoms with van der Waals surface area (Å²) in [6.45, 7) is 2.61. The fourth-order valence-corrected chi connectivity index (χ4v) is 4.33. The first kappa shape index (κ1) is 27.1. The van der Waals surface area contributed by atoms with Crippen LogP contribution >= 0.6 is 0 Å². The summed E-state index contributed by atoms with van der Waals surface area (Å²) in [6.07, 6.45) is 18.0. The molecule has 0 amide bonds. The number of esters is 1. The number of carbonyl (C=O) groups is 1. The molecule has 0 heterocycles. The molecule has 0 saturated heterocycles. The molecule has 0 bridgehead atoms. The number of unbranched alkanes of at least 4 members (excludes halogenated alkanes) is 13. The first-order valence-corrected chi connectivity index (χ1v) is 13.2. The fraction of sp³-hybridized carbons (Fsp3) is 0.567. The van der Waals surface area contributed by atoms with Crippen molar-refractivity contribution < 1.29 is 14.6 Å². The van der Waals surface area contributed by atoms with Crippen molar-refractivity contribution in [2.45, 2.75) is 102 Å². The Morgan fingerprint density at radius 2 is 1.00 bits per heavy atom. The molecule has 0 aliphatic carbocycles. The lowest BCUT2D eigenvalue weighted by Gasteiger charge is -2.27. The Bertz CT molecular complexity index is 702. The lowest BCUT2D eigenvalue weighted by atomic mass is 9.86. The van der Waals surface area contributed by atoms with Crippen molar-refractivity contribution in [3.8, 4) is 0 Å². The second-order valence-electron chi connectivity index (χ2n) is 9.17. The van der Waals surface area contributed by atoms with Gasteiger partial charge in [-0.15, -0.1) is 0 Å². The molecule has 0 aliphatic rings. The van der Waals surface area contributed by atoms with Crippen molar-refractivity contribution in [1.29, 1.82) is 0 Å². The third-order valence-electron chi connectivity index (χ3n) is 6.41. The van der Waals surface area contributed by atoms with Gasteiger partial charge in [0.15, 0.2) is 0 Å². The molecule has 0 aromatic heterocycles. The maximum Gasteiger partial charge on any atom is 0.347 e. The van der Waals surface area contributed by atoms with Crippen molar-refractivity contribution in [3.05, 3.63) is 71.8 Å². The molecule has 1 N–H and O–H groups in total. The molecule has 2 aromatic carbocycles. The van der Waals surface area contributed by atoms with E-state index in [4.69, 9.17) is 4.74 Å². The summed E-state index contributed by atoms with van der Waals surface area (Å²) >= 11 is 0. The quantitative estimate of drug-likeness (QED) is 0.184. The molecule has 33 heavy (non-hydrogen) atoms. The first-order valence-electron chi connectivity index (χ1n) is 13.2. The highest BCUT2D eigenvalue weighted by Gasteiger charge is 2.41. The molecule has 0 atom stereocenters. The molecule has 182 valence electrons. The van der Waals surface area contributed by atoms with Gasteiger partial charge in [0, 0.05) is 0 Å². The summed E-state index contributed by atoms with van der Waals surface area (Å²) in [5.74, 6) is -0.602. The van der Waals surface area contributed by atoms with Crippen LogP contribution in [-0.4, -0.2) is 17.7 Å². The summed E-state index contributed by atoms with van der Waals surface area (Å²) in [6, 6.07) is 18.1. The Morgan fingerprint density at radius 3 is 1.39 bits per heavy atom. The van der Waals surface area contributed by atoms with Gasteiger partial charge in [-0.05, 0) is 17.5 Å². The fourth-order valence-electron chi connectivity index (χ4n) is 4.33. The summed E-state index contributed by atoms with van der Waals surface area (Å²) in [4.78, 5) is 12.9. The van der Waals surface area contributed by atoms with E-state index >= 15 is 0 Å². The van der Waals surface area contributed by atoms with Crippen molar-refractivity contribution in [3.63, 3.8) is 0 Å². The molecule has 3 nitrogen and oxygen atoms in total. The molecule has 0 fully saturated rings. The van der Waals surface area contributed by atoms with Gasteiger partial charge in [-0.1, -0.05) is 151 Å². The normalized spacial score (nSPS) is 11.5. The molecule has 2 rings (SSSR count). The number of hydrogen-bond acceptors (Lipinski definition) is 3. The van der Waals surface area contributed by atoms with E-state index in [0.717, 1.165) is 12.8 Å². The number of aliphatic hydroxyl groups is 1. The molecule has 0 spiro atoms. The minimum atomic E-state index is -1.78. The summed E-state index contributed by atoms with van der Waals surface area (Å²) < 4.78 is 5.53. The van der Waals surface area contributed by atoms with Gasteiger partial charge < -0.3 is 9.84 Å². The van der Waals surface area contributed by atoms with Gasteiger partial charge in [0.1, 0.15) is 0 Å². The molecule has 0 saturated carbocycles. The standard InChI is InChI=1S/C30H44O3/c1-2-3-4-5-6-7-8-9-10-11-12-13-14-21-26-33-29(31)30(32,27-22-17-15-18-23-27)28-24-19-16-20-25-28/h15-20,22-25,32H,2-14,21,26H2,1H3. The van der Waals surface area contributed by atoms with Crippen LogP contribution in [0, 0.1) is 0 Å². The average Bonchev–Trinajstić information content (AvgIpc) is 2.86. The van der Waals surface area contributed by atoms with Crippen LogP contribution in [0.25, 0.3) is 0 Å². The Hall–Kier alpha value is -2.13. The van der Waals surface area contributed by atoms with Crippen molar-refractivity contribution in [2.75, 3.05) is 6.61 Å². The SMILES string of the molecule is CCCCCCCCCCCCCCCCOC(=O)C(O)(c1ccccc1)c1ccccc1. The van der Waals surface area contributed by atoms with Crippen molar-refractivity contribution >= 4 is 5.97 Å². The van der Waals surface area contributed by atoms with E-state index < -0.39 is 11.6 Å². The van der Waals surface area contributed by atoms with Crippen LogP contribution in [0.15, 0.2) is 60.7 Å². The summed E-state index contributed by atoms with van der Waals surface area (Å²) in [7, 11) is 0. The van der Waals surface area contributed by atoms with E-state index in [1.807, 2.05) is 36.4 Å². The van der Waals surface area contributed by atoms with Crippen LogP contribution < -0.4 is 0 Å². The molecule has 3 heteroatoms. The van der Waals surface area contributed by atoms with E-state index in [1.165, 1.54) is 77.0 Å². The molecule has 0 unspecified atom stereocenters. The maximum absolute atomic E-state index is 12.9. The van der Waals surface area contributed by atoms with Crippen LogP contribution in [0.1, 0.15) is 108 Å². The average molecular weight is 453 g/mol. The van der Waals surface area contributed by atoms with Crippen LogP contribution in [0.4, 0.5) is 0 Å². The number of hydrogen-bond donors (Lipinski definition) is 1. The van der Waals surface area contributed by atoms with Gasteiger partial charge >= 0.3 is 5.97 Å². The lowest BCUT2D eigenvalue weighted by molar-refractivity contribution is -0.162. The topological polar surface area (TPSA) is 46.5 Å². The third-order valence-corrected chi connectivity index (χ3v) is 6.41. The van der Waals surface area contributed by atoms with Crippen LogP contribution in [-0.2, 0) is 15.1 Å². The van der Waals surface area contributed by atoms with Gasteiger partial charge in [0.2, 0.25) is 5.60 Å². The van der Waals surface area contributed by atoms with Crippen LogP contribution in [0.2, 0.25) is 0 Å². The van der Waals surface area contributed by atoms with E-state index in [1.54, 1.807) is 24.3 Å². The zero-order valence-electron chi connectivity index (χ0n) is 20.6. The number of carbonyl (C=O) groups excluding carboxylic acids is 1. The van der Waals surface area contributed by atoms with Crippen LogP contribution in [0.5, 0.6) is 0 Å². The highest BCUT2D eigenvalue weighted by molar-refractivity contribution is 5.85. The predicted molar refractivity (Wildman–Crippen MR) is 137 cm³/mol. The zero-order valence-corrected chi connectivity index (χ0v) is 20.6. The second kappa shape index (κ2) is 16.5. The van der Waals surface area contributed by atoms with E-state index in [-0.39, 0.29) is 0 Å². The van der Waals surface area contributed by atoms with Gasteiger partial charge in [-0.3, -0.25) is 0 Å². The summed E-state index contributed by atoms with van der Waals surface area (Å²) in [5.41, 5.74) is -0.720. The first-order chi connectivity index (χ1) is 16.2.